The number of ether oxygens (including phenoxy) is 1. The van der Waals surface area contributed by atoms with Gasteiger partial charge in [0.05, 0.1) is 19.1 Å². The summed E-state index contributed by atoms with van der Waals surface area (Å²) >= 11 is 0. The van der Waals surface area contributed by atoms with Gasteiger partial charge in [0.1, 0.15) is 0 Å². The molecule has 20 heavy (non-hydrogen) atoms. The minimum atomic E-state index is -0.797. The number of benzene rings is 1. The second kappa shape index (κ2) is 9.32. The van der Waals surface area contributed by atoms with Crippen molar-refractivity contribution in [2.75, 3.05) is 6.61 Å². The number of aliphatic hydroxyl groups is 1. The van der Waals surface area contributed by atoms with Gasteiger partial charge in [-0.3, -0.25) is 4.79 Å². The average molecular weight is 276 g/mol. The van der Waals surface area contributed by atoms with E-state index in [2.05, 4.69) is 19.1 Å². The summed E-state index contributed by atoms with van der Waals surface area (Å²) in [6, 6.07) is 8.26. The van der Waals surface area contributed by atoms with Gasteiger partial charge in [0.2, 0.25) is 0 Å². The van der Waals surface area contributed by atoms with Gasteiger partial charge in [0.25, 0.3) is 0 Å². The van der Waals surface area contributed by atoms with E-state index in [4.69, 9.17) is 4.74 Å². The van der Waals surface area contributed by atoms with Gasteiger partial charge < -0.3 is 9.84 Å². The summed E-state index contributed by atoms with van der Waals surface area (Å²) in [6.07, 6.45) is 6.15. The molecule has 0 aromatic heterocycles. The highest BCUT2D eigenvalue weighted by molar-refractivity contribution is 5.70. The Morgan fingerprint density at radius 2 is 2.00 bits per heavy atom. The van der Waals surface area contributed by atoms with E-state index in [1.807, 2.05) is 18.2 Å². The summed E-state index contributed by atoms with van der Waals surface area (Å²) < 4.78 is 4.78. The number of rotatable bonds is 8. The van der Waals surface area contributed by atoms with E-state index in [9.17, 15) is 9.90 Å². The highest BCUT2D eigenvalue weighted by Crippen LogP contribution is 2.10. The molecule has 0 saturated heterocycles. The lowest BCUT2D eigenvalue weighted by atomic mass is 10.1. The van der Waals surface area contributed by atoms with E-state index in [1.165, 1.54) is 18.4 Å². The fourth-order valence-electron chi connectivity index (χ4n) is 1.86. The summed E-state index contributed by atoms with van der Waals surface area (Å²) in [5.74, 6) is -0.375. The first kappa shape index (κ1) is 16.4. The molecule has 0 saturated carbocycles. The third kappa shape index (κ3) is 6.53. The van der Waals surface area contributed by atoms with Crippen LogP contribution in [0.1, 0.15) is 44.2 Å². The number of hydrogen-bond acceptors (Lipinski definition) is 3. The lowest BCUT2D eigenvalue weighted by Crippen LogP contribution is -2.13. The van der Waals surface area contributed by atoms with E-state index in [0.29, 0.717) is 6.61 Å². The molecule has 3 heteroatoms. The molecular formula is C17H24O3. The fourth-order valence-corrected chi connectivity index (χ4v) is 1.86. The second-order valence-corrected chi connectivity index (χ2v) is 4.78. The summed E-state index contributed by atoms with van der Waals surface area (Å²) in [4.78, 5) is 11.2. The molecule has 0 aliphatic rings. The molecule has 0 fully saturated rings. The van der Waals surface area contributed by atoms with Gasteiger partial charge in [-0.25, -0.2) is 0 Å². The van der Waals surface area contributed by atoms with Crippen LogP contribution in [0.5, 0.6) is 0 Å². The summed E-state index contributed by atoms with van der Waals surface area (Å²) in [6.45, 7) is 4.27. The molecule has 3 nitrogen and oxygen atoms in total. The maximum atomic E-state index is 11.2. The number of aryl methyl sites for hydroxylation is 1. The minimum absolute atomic E-state index is 0.00107. The van der Waals surface area contributed by atoms with Crippen LogP contribution >= 0.6 is 0 Å². The van der Waals surface area contributed by atoms with E-state index in [-0.39, 0.29) is 12.4 Å². The van der Waals surface area contributed by atoms with Crippen molar-refractivity contribution >= 4 is 12.0 Å². The van der Waals surface area contributed by atoms with Crippen molar-refractivity contribution in [1.82, 2.24) is 0 Å². The van der Waals surface area contributed by atoms with Crippen LogP contribution in [-0.4, -0.2) is 23.8 Å². The van der Waals surface area contributed by atoms with Crippen LogP contribution in [0, 0.1) is 0 Å². The van der Waals surface area contributed by atoms with E-state index in [1.54, 1.807) is 13.0 Å². The number of aliphatic hydroxyl groups excluding tert-OH is 1. The van der Waals surface area contributed by atoms with Crippen molar-refractivity contribution in [3.63, 3.8) is 0 Å². The van der Waals surface area contributed by atoms with Crippen molar-refractivity contribution in [2.24, 2.45) is 0 Å². The molecule has 0 amide bonds. The zero-order chi connectivity index (χ0) is 14.8. The molecule has 0 radical (unpaired) electrons. The van der Waals surface area contributed by atoms with Gasteiger partial charge in [-0.15, -0.1) is 0 Å². The van der Waals surface area contributed by atoms with Gasteiger partial charge >= 0.3 is 5.97 Å². The largest absolute Gasteiger partial charge is 0.466 e. The van der Waals surface area contributed by atoms with Crippen LogP contribution < -0.4 is 0 Å². The Labute approximate surface area is 121 Å². The van der Waals surface area contributed by atoms with Gasteiger partial charge in [-0.1, -0.05) is 49.8 Å². The van der Waals surface area contributed by atoms with Crippen LogP contribution in [0.2, 0.25) is 0 Å². The molecular weight excluding hydrogens is 252 g/mol. The summed E-state index contributed by atoms with van der Waals surface area (Å²) in [5, 5.41) is 9.69. The number of carbonyl (C=O) groups excluding carboxylic acids is 1. The molecule has 0 heterocycles. The van der Waals surface area contributed by atoms with Gasteiger partial charge in [0.15, 0.2) is 0 Å². The first-order valence-corrected chi connectivity index (χ1v) is 7.26. The molecule has 1 N–H and O–H groups in total. The highest BCUT2D eigenvalue weighted by atomic mass is 16.5. The molecule has 1 rings (SSSR count). The van der Waals surface area contributed by atoms with Gasteiger partial charge in [0, 0.05) is 0 Å². The molecule has 1 aromatic carbocycles. The van der Waals surface area contributed by atoms with Crippen molar-refractivity contribution in [3.05, 3.63) is 41.5 Å². The smallest absolute Gasteiger partial charge is 0.308 e. The highest BCUT2D eigenvalue weighted by Gasteiger charge is 2.07. The molecule has 1 aromatic rings. The monoisotopic (exact) mass is 276 g/mol. The van der Waals surface area contributed by atoms with Crippen LogP contribution in [0.15, 0.2) is 30.3 Å². The number of unbranched alkanes of at least 4 members (excludes halogenated alkanes) is 1. The lowest BCUT2D eigenvalue weighted by molar-refractivity contribution is -0.144. The molecule has 0 bridgehead atoms. The van der Waals surface area contributed by atoms with Crippen molar-refractivity contribution in [2.45, 2.75) is 45.6 Å². The van der Waals surface area contributed by atoms with Crippen LogP contribution in [0.4, 0.5) is 0 Å². The molecule has 0 spiro atoms. The first-order chi connectivity index (χ1) is 9.65. The Morgan fingerprint density at radius 1 is 1.30 bits per heavy atom. The second-order valence-electron chi connectivity index (χ2n) is 4.78. The van der Waals surface area contributed by atoms with Crippen molar-refractivity contribution < 1.29 is 14.6 Å². The third-order valence-corrected chi connectivity index (χ3v) is 2.99. The lowest BCUT2D eigenvalue weighted by Gasteiger charge is -2.05. The molecule has 0 aliphatic heterocycles. The zero-order valence-corrected chi connectivity index (χ0v) is 12.3. The normalized spacial score (nSPS) is 12.6. The fraction of sp³-hybridized carbons (Fsp3) is 0.471. The predicted octanol–water partition coefficient (Wildman–Crippen LogP) is 3.36. The number of esters is 1. The van der Waals surface area contributed by atoms with Gasteiger partial charge in [-0.05, 0) is 30.9 Å². The van der Waals surface area contributed by atoms with Crippen molar-refractivity contribution in [1.29, 1.82) is 0 Å². The summed E-state index contributed by atoms with van der Waals surface area (Å²) in [5.41, 5.74) is 2.35. The van der Waals surface area contributed by atoms with Crippen molar-refractivity contribution in [3.8, 4) is 0 Å². The summed E-state index contributed by atoms with van der Waals surface area (Å²) in [7, 11) is 0. The molecule has 1 atom stereocenters. The van der Waals surface area contributed by atoms with Gasteiger partial charge in [-0.2, -0.15) is 0 Å². The Bertz CT molecular complexity index is 420. The third-order valence-electron chi connectivity index (χ3n) is 2.99. The van der Waals surface area contributed by atoms with E-state index in [0.717, 1.165) is 12.0 Å². The molecule has 0 aliphatic carbocycles. The quantitative estimate of drug-likeness (QED) is 0.741. The SMILES string of the molecule is CCCCc1ccc(/C=C/[C@H](O)CC(=O)OCC)cc1. The predicted molar refractivity (Wildman–Crippen MR) is 81.3 cm³/mol. The standard InChI is InChI=1S/C17H24O3/c1-3-5-6-14-7-9-15(10-8-14)11-12-16(18)13-17(19)20-4-2/h7-12,16,18H,3-6,13H2,1-2H3/b12-11+/t16-/m0/s1. The van der Waals surface area contributed by atoms with Crippen LogP contribution in [0.25, 0.3) is 6.08 Å². The maximum Gasteiger partial charge on any atom is 0.308 e. The Hall–Kier alpha value is -1.61. The minimum Gasteiger partial charge on any atom is -0.466 e. The Balaban J connectivity index is 2.46. The maximum absolute atomic E-state index is 11.2. The van der Waals surface area contributed by atoms with E-state index >= 15 is 0 Å². The first-order valence-electron chi connectivity index (χ1n) is 7.26. The molecule has 110 valence electrons. The average Bonchev–Trinajstić information content (AvgIpc) is 2.44. The zero-order valence-electron chi connectivity index (χ0n) is 12.3. The molecule has 0 unspecified atom stereocenters. The Kier molecular flexibility index (Phi) is 7.66. The topological polar surface area (TPSA) is 46.5 Å². The Morgan fingerprint density at radius 3 is 2.60 bits per heavy atom. The van der Waals surface area contributed by atoms with Crippen LogP contribution in [0.3, 0.4) is 0 Å². The van der Waals surface area contributed by atoms with E-state index < -0.39 is 6.10 Å². The number of carbonyl (C=O) groups is 1. The van der Waals surface area contributed by atoms with Crippen LogP contribution in [-0.2, 0) is 16.0 Å². The number of hydrogen-bond donors (Lipinski definition) is 1.